The zero-order chi connectivity index (χ0) is 18.4. The summed E-state index contributed by atoms with van der Waals surface area (Å²) in [7, 11) is 3.86. The molecule has 2 N–H and O–H groups in total. The zero-order valence-electron chi connectivity index (χ0n) is 15.2. The molecule has 4 heteroatoms. The molecule has 0 fully saturated rings. The number of aliphatic hydroxyl groups excluding tert-OH is 2. The van der Waals surface area contributed by atoms with Crippen LogP contribution in [0.4, 0.5) is 0 Å². The Morgan fingerprint density at radius 2 is 1.64 bits per heavy atom. The monoisotopic (exact) mass is 341 g/mol. The van der Waals surface area contributed by atoms with Crippen molar-refractivity contribution in [3.63, 3.8) is 0 Å². The number of carbonyl (C=O) groups excluding carboxylic acids is 1. The molecule has 0 saturated carbocycles. The lowest BCUT2D eigenvalue weighted by atomic mass is 9.79. The topological polar surface area (TPSA) is 60.8 Å². The maximum Gasteiger partial charge on any atom is 0.183 e. The molecule has 1 atom stereocenters. The average Bonchev–Trinajstić information content (AvgIpc) is 2.65. The smallest absolute Gasteiger partial charge is 0.183 e. The molecule has 0 aliphatic heterocycles. The molecule has 1 unspecified atom stereocenters. The molecule has 0 aliphatic rings. The van der Waals surface area contributed by atoms with Gasteiger partial charge in [-0.15, -0.1) is 0 Å². The van der Waals surface area contributed by atoms with Crippen molar-refractivity contribution in [1.82, 2.24) is 4.90 Å². The van der Waals surface area contributed by atoms with Gasteiger partial charge in [-0.05, 0) is 49.7 Å². The van der Waals surface area contributed by atoms with Crippen LogP contribution in [0.2, 0.25) is 0 Å². The first kappa shape index (κ1) is 19.3. The summed E-state index contributed by atoms with van der Waals surface area (Å²) >= 11 is 0. The van der Waals surface area contributed by atoms with E-state index in [9.17, 15) is 15.0 Å². The number of hydrogen-bond donors (Lipinski definition) is 2. The minimum Gasteiger partial charge on any atom is -0.392 e. The van der Waals surface area contributed by atoms with Gasteiger partial charge in [0.15, 0.2) is 5.78 Å². The van der Waals surface area contributed by atoms with Gasteiger partial charge < -0.3 is 10.2 Å². The minimum atomic E-state index is -0.658. The van der Waals surface area contributed by atoms with Crippen LogP contribution >= 0.6 is 0 Å². The van der Waals surface area contributed by atoms with E-state index in [-0.39, 0.29) is 19.0 Å². The van der Waals surface area contributed by atoms with Crippen LogP contribution in [0, 0.1) is 0 Å². The largest absolute Gasteiger partial charge is 0.392 e. The number of likely N-dealkylation sites (N-methyl/N-ethyl adjacent to an activating group) is 1. The van der Waals surface area contributed by atoms with Gasteiger partial charge in [0.1, 0.15) is 0 Å². The highest BCUT2D eigenvalue weighted by Gasteiger charge is 2.39. The molecule has 0 aliphatic carbocycles. The van der Waals surface area contributed by atoms with E-state index in [0.29, 0.717) is 29.5 Å². The van der Waals surface area contributed by atoms with Crippen molar-refractivity contribution >= 4 is 5.78 Å². The first-order valence-corrected chi connectivity index (χ1v) is 8.58. The van der Waals surface area contributed by atoms with Gasteiger partial charge >= 0.3 is 0 Å². The second kappa shape index (κ2) is 8.39. The Kier molecular flexibility index (Phi) is 6.48. The lowest BCUT2D eigenvalue weighted by molar-refractivity contribution is 0.0666. The molecule has 134 valence electrons. The minimum absolute atomic E-state index is 0.0306. The third kappa shape index (κ3) is 3.98. The number of benzene rings is 2. The molecular formula is C21H27NO3. The van der Waals surface area contributed by atoms with E-state index in [4.69, 9.17) is 0 Å². The Hall–Kier alpha value is -2.01. The number of carbonyl (C=O) groups is 1. The quantitative estimate of drug-likeness (QED) is 0.725. The molecule has 0 amide bonds. The predicted molar refractivity (Wildman–Crippen MR) is 99.5 cm³/mol. The van der Waals surface area contributed by atoms with E-state index in [0.717, 1.165) is 5.56 Å². The van der Waals surface area contributed by atoms with Crippen molar-refractivity contribution in [2.45, 2.75) is 38.5 Å². The van der Waals surface area contributed by atoms with Gasteiger partial charge in [-0.2, -0.15) is 0 Å². The van der Waals surface area contributed by atoms with E-state index < -0.39 is 5.54 Å². The number of ketones is 1. The third-order valence-corrected chi connectivity index (χ3v) is 5.01. The van der Waals surface area contributed by atoms with E-state index >= 15 is 0 Å². The Morgan fingerprint density at radius 1 is 1.00 bits per heavy atom. The van der Waals surface area contributed by atoms with E-state index in [1.54, 1.807) is 18.2 Å². The van der Waals surface area contributed by atoms with Gasteiger partial charge in [-0.1, -0.05) is 49.4 Å². The molecule has 2 rings (SSSR count). The lowest BCUT2D eigenvalue weighted by Gasteiger charge is -2.38. The second-order valence-corrected chi connectivity index (χ2v) is 6.57. The van der Waals surface area contributed by atoms with Crippen LogP contribution in [-0.2, 0) is 19.6 Å². The molecular weight excluding hydrogens is 314 g/mol. The van der Waals surface area contributed by atoms with Crippen molar-refractivity contribution in [3.05, 3.63) is 70.8 Å². The van der Waals surface area contributed by atoms with Crippen molar-refractivity contribution in [2.75, 3.05) is 14.1 Å². The fraction of sp³-hybridized carbons (Fsp3) is 0.381. The van der Waals surface area contributed by atoms with Gasteiger partial charge in [0.05, 0.1) is 18.8 Å². The summed E-state index contributed by atoms with van der Waals surface area (Å²) < 4.78 is 0. The lowest BCUT2D eigenvalue weighted by Crippen LogP contribution is -2.52. The van der Waals surface area contributed by atoms with E-state index in [1.165, 1.54) is 0 Å². The van der Waals surface area contributed by atoms with Gasteiger partial charge in [-0.3, -0.25) is 9.69 Å². The first-order valence-electron chi connectivity index (χ1n) is 8.58. The van der Waals surface area contributed by atoms with Gasteiger partial charge in [0.25, 0.3) is 0 Å². The molecule has 0 aromatic heterocycles. The van der Waals surface area contributed by atoms with Crippen molar-refractivity contribution in [3.8, 4) is 0 Å². The highest BCUT2D eigenvalue weighted by Crippen LogP contribution is 2.28. The van der Waals surface area contributed by atoms with E-state index in [2.05, 4.69) is 0 Å². The third-order valence-electron chi connectivity index (χ3n) is 5.01. The molecule has 0 bridgehead atoms. The highest BCUT2D eigenvalue weighted by atomic mass is 16.3. The highest BCUT2D eigenvalue weighted by molar-refractivity contribution is 6.03. The molecule has 0 radical (unpaired) electrons. The Labute approximate surface area is 149 Å². The Morgan fingerprint density at radius 3 is 2.16 bits per heavy atom. The zero-order valence-corrected chi connectivity index (χ0v) is 15.2. The average molecular weight is 341 g/mol. The summed E-state index contributed by atoms with van der Waals surface area (Å²) in [5.41, 5.74) is 2.26. The van der Waals surface area contributed by atoms with Gasteiger partial charge in [0, 0.05) is 5.56 Å². The maximum atomic E-state index is 13.4. The normalized spacial score (nSPS) is 13.7. The molecule has 0 spiro atoms. The maximum absolute atomic E-state index is 13.4. The molecule has 0 saturated heterocycles. The van der Waals surface area contributed by atoms with Crippen molar-refractivity contribution < 1.29 is 15.0 Å². The molecule has 0 heterocycles. The fourth-order valence-electron chi connectivity index (χ4n) is 3.31. The summed E-state index contributed by atoms with van der Waals surface area (Å²) in [6.07, 6.45) is 1.29. The van der Waals surface area contributed by atoms with Crippen LogP contribution in [-0.4, -0.2) is 40.5 Å². The summed E-state index contributed by atoms with van der Waals surface area (Å²) in [4.78, 5) is 15.4. The first-order chi connectivity index (χ1) is 12.0. The second-order valence-electron chi connectivity index (χ2n) is 6.57. The van der Waals surface area contributed by atoms with Crippen LogP contribution < -0.4 is 0 Å². The number of rotatable bonds is 8. The van der Waals surface area contributed by atoms with Crippen LogP contribution in [0.3, 0.4) is 0 Å². The summed E-state index contributed by atoms with van der Waals surface area (Å²) in [5, 5.41) is 18.9. The molecule has 4 nitrogen and oxygen atoms in total. The van der Waals surface area contributed by atoms with E-state index in [1.807, 2.05) is 56.3 Å². The molecule has 25 heavy (non-hydrogen) atoms. The molecule has 2 aromatic rings. The predicted octanol–water partition coefficient (Wildman–Crippen LogP) is 2.81. The number of hydrogen-bond acceptors (Lipinski definition) is 4. The standard InChI is InChI=1S/C21H27NO3/c1-4-21(22(2)3,13-16-8-6-5-7-9-16)20(25)17-10-11-18(14-23)19(12-17)15-24/h5-12,23-24H,4,13-15H2,1-3H3. The van der Waals surface area contributed by atoms with Gasteiger partial charge in [0.2, 0.25) is 0 Å². The number of nitrogens with zero attached hydrogens (tertiary/aromatic N) is 1. The van der Waals surface area contributed by atoms with Crippen LogP contribution in [0.5, 0.6) is 0 Å². The van der Waals surface area contributed by atoms with Crippen LogP contribution in [0.25, 0.3) is 0 Å². The van der Waals surface area contributed by atoms with Crippen LogP contribution in [0.15, 0.2) is 48.5 Å². The Balaban J connectivity index is 2.45. The summed E-state index contributed by atoms with van der Waals surface area (Å²) in [6, 6.07) is 15.2. The van der Waals surface area contributed by atoms with Crippen molar-refractivity contribution in [2.24, 2.45) is 0 Å². The van der Waals surface area contributed by atoms with Crippen LogP contribution in [0.1, 0.15) is 40.4 Å². The Bertz CT molecular complexity index is 712. The number of Topliss-reactive ketones (excluding diaryl/α,β-unsaturated/α-hetero) is 1. The van der Waals surface area contributed by atoms with Crippen molar-refractivity contribution in [1.29, 1.82) is 0 Å². The van der Waals surface area contributed by atoms with Gasteiger partial charge in [-0.25, -0.2) is 0 Å². The molecule has 2 aromatic carbocycles. The summed E-state index contributed by atoms with van der Waals surface area (Å²) in [6.45, 7) is 1.67. The number of aliphatic hydroxyl groups is 2. The summed E-state index contributed by atoms with van der Waals surface area (Å²) in [5.74, 6) is 0.0306. The fourth-order valence-corrected chi connectivity index (χ4v) is 3.31. The SMILES string of the molecule is CCC(Cc1ccccc1)(C(=O)c1ccc(CO)c(CO)c1)N(C)C.